The highest BCUT2D eigenvalue weighted by atomic mass is 32.1. The van der Waals surface area contributed by atoms with Gasteiger partial charge in [-0.25, -0.2) is 4.52 Å². The predicted octanol–water partition coefficient (Wildman–Crippen LogP) is 1.33. The van der Waals surface area contributed by atoms with Gasteiger partial charge >= 0.3 is 0 Å². The summed E-state index contributed by atoms with van der Waals surface area (Å²) in [7, 11) is 0. The van der Waals surface area contributed by atoms with Gasteiger partial charge in [0, 0.05) is 6.20 Å². The molecular weight excluding hydrogens is 158 g/mol. The Bertz CT molecular complexity index is 393. The molecule has 0 fully saturated rings. The van der Waals surface area contributed by atoms with E-state index in [9.17, 15) is 0 Å². The Morgan fingerprint density at radius 1 is 1.45 bits per heavy atom. The fourth-order valence-corrected chi connectivity index (χ4v) is 1.20. The lowest BCUT2D eigenvalue weighted by atomic mass is 10.3. The Labute approximate surface area is 69.4 Å². The van der Waals surface area contributed by atoms with Crippen molar-refractivity contribution in [1.29, 1.82) is 0 Å². The molecule has 2 aromatic rings. The van der Waals surface area contributed by atoms with Gasteiger partial charge in [0.2, 0.25) is 0 Å². The maximum atomic E-state index is 4.14. The molecule has 0 N–H and O–H groups in total. The van der Waals surface area contributed by atoms with E-state index in [1.54, 1.807) is 4.52 Å². The summed E-state index contributed by atoms with van der Waals surface area (Å²) in [5.41, 5.74) is 2.11. The molecule has 0 aliphatic carbocycles. The first-order valence-electron chi connectivity index (χ1n) is 3.28. The molecule has 0 atom stereocenters. The van der Waals surface area contributed by atoms with Crippen LogP contribution in [0.1, 0.15) is 5.56 Å². The van der Waals surface area contributed by atoms with Gasteiger partial charge in [-0.3, -0.25) is 0 Å². The smallest absolute Gasteiger partial charge is 0.143 e. The molecule has 2 rings (SSSR count). The molecule has 0 aliphatic heterocycles. The maximum absolute atomic E-state index is 4.14. The van der Waals surface area contributed by atoms with E-state index in [1.807, 2.05) is 25.3 Å². The van der Waals surface area contributed by atoms with Crippen molar-refractivity contribution in [3.8, 4) is 0 Å². The van der Waals surface area contributed by atoms with E-state index >= 15 is 0 Å². The molecule has 0 saturated heterocycles. The molecule has 0 bridgehead atoms. The largest absolute Gasteiger partial charge is 0.219 e. The molecular formula is C7H7N3S. The number of aryl methyl sites for hydroxylation is 1. The summed E-state index contributed by atoms with van der Waals surface area (Å²) in [6.45, 7) is 2.01. The molecule has 0 spiro atoms. The zero-order valence-corrected chi connectivity index (χ0v) is 6.92. The Hall–Kier alpha value is -1.03. The zero-order chi connectivity index (χ0) is 7.84. The van der Waals surface area contributed by atoms with E-state index in [-0.39, 0.29) is 0 Å². The fourth-order valence-electron chi connectivity index (χ4n) is 0.985. The second-order valence-corrected chi connectivity index (χ2v) is 2.87. The lowest BCUT2D eigenvalue weighted by Gasteiger charge is -1.92. The van der Waals surface area contributed by atoms with Crippen molar-refractivity contribution in [2.75, 3.05) is 0 Å². The van der Waals surface area contributed by atoms with Crippen LogP contribution in [0.25, 0.3) is 5.52 Å². The second-order valence-electron chi connectivity index (χ2n) is 2.45. The predicted molar refractivity (Wildman–Crippen MR) is 45.0 cm³/mol. The van der Waals surface area contributed by atoms with Crippen LogP contribution < -0.4 is 0 Å². The average Bonchev–Trinajstić information content (AvgIpc) is 2.32. The molecule has 0 unspecified atom stereocenters. The zero-order valence-electron chi connectivity index (χ0n) is 6.02. The number of pyridine rings is 1. The van der Waals surface area contributed by atoms with Crippen LogP contribution >= 0.6 is 12.6 Å². The summed E-state index contributed by atoms with van der Waals surface area (Å²) in [6, 6.07) is 3.97. The van der Waals surface area contributed by atoms with Crippen LogP contribution in [0.2, 0.25) is 0 Å². The van der Waals surface area contributed by atoms with E-state index < -0.39 is 0 Å². The van der Waals surface area contributed by atoms with Crippen LogP contribution in [0.4, 0.5) is 0 Å². The average molecular weight is 165 g/mol. The van der Waals surface area contributed by atoms with Crippen molar-refractivity contribution in [2.24, 2.45) is 0 Å². The molecule has 0 aliphatic rings. The molecule has 4 heteroatoms. The van der Waals surface area contributed by atoms with Crippen LogP contribution in [0.5, 0.6) is 0 Å². The summed E-state index contributed by atoms with van der Waals surface area (Å²) in [6.07, 6.45) is 1.92. The molecule has 0 amide bonds. The summed E-state index contributed by atoms with van der Waals surface area (Å²) in [4.78, 5) is 0. The number of nitrogens with zero attached hydrogens (tertiary/aromatic N) is 3. The minimum Gasteiger partial charge on any atom is -0.219 e. The fraction of sp³-hybridized carbons (Fsp3) is 0.143. The maximum Gasteiger partial charge on any atom is 0.143 e. The Kier molecular flexibility index (Phi) is 1.35. The van der Waals surface area contributed by atoms with Gasteiger partial charge in [0.25, 0.3) is 0 Å². The minimum absolute atomic E-state index is 0.671. The van der Waals surface area contributed by atoms with Gasteiger partial charge in [-0.1, -0.05) is 11.3 Å². The summed E-state index contributed by atoms with van der Waals surface area (Å²) in [5.74, 6) is 0. The topological polar surface area (TPSA) is 30.2 Å². The SMILES string of the molecule is Cc1ccc2c(S)nnn2c1. The third-order valence-corrected chi connectivity index (χ3v) is 1.86. The van der Waals surface area contributed by atoms with Crippen molar-refractivity contribution >= 4 is 18.1 Å². The molecule has 11 heavy (non-hydrogen) atoms. The number of aromatic nitrogens is 3. The third kappa shape index (κ3) is 0.991. The van der Waals surface area contributed by atoms with Crippen LogP contribution in [-0.2, 0) is 0 Å². The highest BCUT2D eigenvalue weighted by molar-refractivity contribution is 7.80. The third-order valence-electron chi connectivity index (χ3n) is 1.54. The number of fused-ring (bicyclic) bond motifs is 1. The van der Waals surface area contributed by atoms with Crippen molar-refractivity contribution in [3.63, 3.8) is 0 Å². The van der Waals surface area contributed by atoms with Crippen molar-refractivity contribution in [2.45, 2.75) is 11.9 Å². The highest BCUT2D eigenvalue weighted by Crippen LogP contribution is 2.11. The number of hydrogen-bond donors (Lipinski definition) is 1. The quantitative estimate of drug-likeness (QED) is 0.597. The van der Waals surface area contributed by atoms with Gasteiger partial charge in [-0.15, -0.1) is 17.7 Å². The first-order chi connectivity index (χ1) is 5.27. The molecule has 3 nitrogen and oxygen atoms in total. The van der Waals surface area contributed by atoms with Gasteiger partial charge in [-0.05, 0) is 18.6 Å². The van der Waals surface area contributed by atoms with E-state index in [4.69, 9.17) is 0 Å². The molecule has 0 aromatic carbocycles. The van der Waals surface area contributed by atoms with E-state index in [0.29, 0.717) is 5.03 Å². The van der Waals surface area contributed by atoms with Crippen molar-refractivity contribution in [1.82, 2.24) is 14.8 Å². The van der Waals surface area contributed by atoms with Crippen LogP contribution in [0, 0.1) is 6.92 Å². The van der Waals surface area contributed by atoms with Gasteiger partial charge in [-0.2, -0.15) is 0 Å². The Morgan fingerprint density at radius 2 is 2.27 bits per heavy atom. The van der Waals surface area contributed by atoms with Crippen molar-refractivity contribution < 1.29 is 0 Å². The van der Waals surface area contributed by atoms with Crippen molar-refractivity contribution in [3.05, 3.63) is 23.9 Å². The molecule has 2 aromatic heterocycles. The molecule has 0 radical (unpaired) electrons. The first-order valence-corrected chi connectivity index (χ1v) is 3.73. The standard InChI is InChI=1S/C7H7N3S/c1-5-2-3-6-7(11)8-9-10(6)4-5/h2-4,11H,1H3. The van der Waals surface area contributed by atoms with Gasteiger partial charge in [0.15, 0.2) is 0 Å². The monoisotopic (exact) mass is 165 g/mol. The van der Waals surface area contributed by atoms with Crippen LogP contribution in [-0.4, -0.2) is 14.8 Å². The number of thiol groups is 1. The Morgan fingerprint density at radius 3 is 3.09 bits per heavy atom. The van der Waals surface area contributed by atoms with Gasteiger partial charge in [0.05, 0.1) is 0 Å². The van der Waals surface area contributed by atoms with E-state index in [0.717, 1.165) is 11.1 Å². The summed E-state index contributed by atoms with van der Waals surface area (Å²) in [5, 5.41) is 8.35. The second kappa shape index (κ2) is 2.23. The highest BCUT2D eigenvalue weighted by Gasteiger charge is 1.99. The van der Waals surface area contributed by atoms with Crippen LogP contribution in [0.3, 0.4) is 0 Å². The lowest BCUT2D eigenvalue weighted by molar-refractivity contribution is 0.836. The molecule has 56 valence electrons. The van der Waals surface area contributed by atoms with Gasteiger partial charge < -0.3 is 0 Å². The van der Waals surface area contributed by atoms with Gasteiger partial charge in [0.1, 0.15) is 10.5 Å². The Balaban J connectivity index is 2.86. The first kappa shape index (κ1) is 6.67. The molecule has 2 heterocycles. The normalized spacial score (nSPS) is 10.7. The minimum atomic E-state index is 0.671. The number of hydrogen-bond acceptors (Lipinski definition) is 3. The lowest BCUT2D eigenvalue weighted by Crippen LogP contribution is -1.86. The van der Waals surface area contributed by atoms with Crippen LogP contribution in [0.15, 0.2) is 23.4 Å². The van der Waals surface area contributed by atoms with E-state index in [2.05, 4.69) is 22.9 Å². The van der Waals surface area contributed by atoms with E-state index in [1.165, 1.54) is 0 Å². The molecule has 0 saturated carbocycles. The summed E-state index contributed by atoms with van der Waals surface area (Å²) >= 11 is 4.14. The number of rotatable bonds is 0. The summed E-state index contributed by atoms with van der Waals surface area (Å²) < 4.78 is 1.72.